The van der Waals surface area contributed by atoms with Crippen molar-refractivity contribution in [2.24, 2.45) is 0 Å². The summed E-state index contributed by atoms with van der Waals surface area (Å²) in [4.78, 5) is 27.0. The fourth-order valence-electron chi connectivity index (χ4n) is 1.82. The summed E-state index contributed by atoms with van der Waals surface area (Å²) in [6.07, 6.45) is 0. The molecule has 0 aliphatic heterocycles. The number of non-ortho nitro benzene ring substituents is 1. The molecule has 8 heteroatoms. The molecule has 1 amide bonds. The summed E-state index contributed by atoms with van der Waals surface area (Å²) in [6, 6.07) is 4.11. The van der Waals surface area contributed by atoms with Gasteiger partial charge in [-0.2, -0.15) is 0 Å². The maximum atomic E-state index is 12.3. The molecule has 0 atom stereocenters. The average Bonchev–Trinajstić information content (AvgIpc) is 2.95. The van der Waals surface area contributed by atoms with E-state index in [1.807, 2.05) is 19.2 Å². The van der Waals surface area contributed by atoms with Crippen LogP contribution in [0.3, 0.4) is 0 Å². The Labute approximate surface area is 131 Å². The zero-order valence-electron chi connectivity index (χ0n) is 12.4. The topological polar surface area (TPSA) is 97.2 Å². The van der Waals surface area contributed by atoms with Crippen molar-refractivity contribution in [2.45, 2.75) is 19.8 Å². The number of aromatic nitrogens is 1. The Balaban J connectivity index is 2.27. The van der Waals surface area contributed by atoms with Crippen LogP contribution in [0.15, 0.2) is 23.6 Å². The first-order valence-corrected chi connectivity index (χ1v) is 7.53. The number of hydrogen-bond acceptors (Lipinski definition) is 6. The summed E-state index contributed by atoms with van der Waals surface area (Å²) in [5, 5.41) is 18.7. The first-order chi connectivity index (χ1) is 10.4. The molecule has 2 rings (SSSR count). The summed E-state index contributed by atoms with van der Waals surface area (Å²) in [5.41, 5.74) is 1.49. The van der Waals surface area contributed by atoms with Crippen LogP contribution in [0.5, 0.6) is 0 Å². The Bertz CT molecular complexity index is 712. The number of nitro groups is 1. The molecular weight excluding hydrogens is 304 g/mol. The fraction of sp³-hybridized carbons (Fsp3) is 0.286. The van der Waals surface area contributed by atoms with Crippen LogP contribution in [0, 0.1) is 10.1 Å². The highest BCUT2D eigenvalue weighted by Gasteiger charge is 2.17. The second-order valence-corrected chi connectivity index (χ2v) is 5.78. The highest BCUT2D eigenvalue weighted by atomic mass is 32.1. The van der Waals surface area contributed by atoms with E-state index in [1.165, 1.54) is 29.5 Å². The van der Waals surface area contributed by atoms with Crippen LogP contribution < -0.4 is 10.6 Å². The lowest BCUT2D eigenvalue weighted by molar-refractivity contribution is -0.384. The normalized spacial score (nSPS) is 10.5. The molecule has 0 aliphatic carbocycles. The highest BCUT2D eigenvalue weighted by Crippen LogP contribution is 2.25. The Kier molecular flexibility index (Phi) is 4.71. The third kappa shape index (κ3) is 3.40. The van der Waals surface area contributed by atoms with Crippen molar-refractivity contribution < 1.29 is 9.72 Å². The van der Waals surface area contributed by atoms with Gasteiger partial charge in [-0.1, -0.05) is 13.8 Å². The van der Waals surface area contributed by atoms with Crippen molar-refractivity contribution in [1.29, 1.82) is 0 Å². The number of anilines is 2. The predicted molar refractivity (Wildman–Crippen MR) is 86.8 cm³/mol. The van der Waals surface area contributed by atoms with Crippen molar-refractivity contribution in [3.63, 3.8) is 0 Å². The number of nitro benzene ring substituents is 1. The third-order valence-corrected chi connectivity index (χ3v) is 3.84. The van der Waals surface area contributed by atoms with Crippen molar-refractivity contribution in [1.82, 2.24) is 4.98 Å². The lowest BCUT2D eigenvalue weighted by Crippen LogP contribution is -2.14. The van der Waals surface area contributed by atoms with Gasteiger partial charge in [0.2, 0.25) is 0 Å². The lowest BCUT2D eigenvalue weighted by atomic mass is 10.1. The second kappa shape index (κ2) is 6.52. The summed E-state index contributed by atoms with van der Waals surface area (Å²) in [5.74, 6) is -0.162. The SMILES string of the molecule is CNc1ccc([N+](=O)[O-])cc1C(=O)Nc1nc(C(C)C)cs1. The zero-order valence-corrected chi connectivity index (χ0v) is 13.2. The van der Waals surface area contributed by atoms with Gasteiger partial charge in [0.1, 0.15) is 0 Å². The van der Waals surface area contributed by atoms with E-state index in [1.54, 1.807) is 7.05 Å². The minimum absolute atomic E-state index is 0.133. The molecule has 116 valence electrons. The van der Waals surface area contributed by atoms with E-state index in [0.717, 1.165) is 5.69 Å². The van der Waals surface area contributed by atoms with Gasteiger partial charge in [0.15, 0.2) is 5.13 Å². The van der Waals surface area contributed by atoms with Crippen LogP contribution in [0.25, 0.3) is 0 Å². The molecule has 1 heterocycles. The van der Waals surface area contributed by atoms with Gasteiger partial charge in [0.25, 0.3) is 11.6 Å². The van der Waals surface area contributed by atoms with E-state index in [2.05, 4.69) is 15.6 Å². The number of amides is 1. The molecule has 0 aliphatic rings. The second-order valence-electron chi connectivity index (χ2n) is 4.92. The van der Waals surface area contributed by atoms with Gasteiger partial charge >= 0.3 is 0 Å². The standard InChI is InChI=1S/C14H16N4O3S/c1-8(2)12-7-22-14(16-12)17-13(19)10-6-9(18(20)21)4-5-11(10)15-3/h4-8,15H,1-3H3,(H,16,17,19). The van der Waals surface area contributed by atoms with Crippen LogP contribution in [0.1, 0.15) is 35.8 Å². The fourth-order valence-corrected chi connectivity index (χ4v) is 2.69. The van der Waals surface area contributed by atoms with Crippen molar-refractivity contribution >= 4 is 33.8 Å². The molecule has 0 fully saturated rings. The number of nitrogens with one attached hydrogen (secondary N) is 2. The van der Waals surface area contributed by atoms with E-state index in [0.29, 0.717) is 10.8 Å². The quantitative estimate of drug-likeness (QED) is 0.649. The first kappa shape index (κ1) is 15.9. The maximum Gasteiger partial charge on any atom is 0.270 e. The van der Waals surface area contributed by atoms with Crippen LogP contribution in [-0.4, -0.2) is 22.9 Å². The van der Waals surface area contributed by atoms with Crippen molar-refractivity contribution in [2.75, 3.05) is 17.7 Å². The van der Waals surface area contributed by atoms with Crippen LogP contribution in [0.2, 0.25) is 0 Å². The Morgan fingerprint density at radius 3 is 2.68 bits per heavy atom. The summed E-state index contributed by atoms with van der Waals surface area (Å²) in [6.45, 7) is 4.03. The number of carbonyl (C=O) groups excluding carboxylic acids is 1. The number of hydrogen-bond donors (Lipinski definition) is 2. The van der Waals surface area contributed by atoms with Gasteiger partial charge in [-0.05, 0) is 12.0 Å². The predicted octanol–water partition coefficient (Wildman–Crippen LogP) is 3.47. The molecule has 0 saturated carbocycles. The summed E-state index contributed by atoms with van der Waals surface area (Å²) in [7, 11) is 1.65. The molecule has 0 radical (unpaired) electrons. The Morgan fingerprint density at radius 1 is 1.41 bits per heavy atom. The number of thiazole rings is 1. The zero-order chi connectivity index (χ0) is 16.3. The molecule has 2 N–H and O–H groups in total. The van der Waals surface area contributed by atoms with Gasteiger partial charge in [0.05, 0.1) is 16.2 Å². The summed E-state index contributed by atoms with van der Waals surface area (Å²) >= 11 is 1.33. The number of rotatable bonds is 5. The lowest BCUT2D eigenvalue weighted by Gasteiger charge is -2.08. The molecule has 0 spiro atoms. The minimum Gasteiger partial charge on any atom is -0.387 e. The monoisotopic (exact) mass is 320 g/mol. The van der Waals surface area contributed by atoms with E-state index < -0.39 is 10.8 Å². The molecule has 7 nitrogen and oxygen atoms in total. The maximum absolute atomic E-state index is 12.3. The van der Waals surface area contributed by atoms with Gasteiger partial charge in [0, 0.05) is 30.2 Å². The smallest absolute Gasteiger partial charge is 0.270 e. The largest absolute Gasteiger partial charge is 0.387 e. The molecule has 1 aromatic carbocycles. The van der Waals surface area contributed by atoms with Crippen LogP contribution >= 0.6 is 11.3 Å². The van der Waals surface area contributed by atoms with Gasteiger partial charge in [-0.15, -0.1) is 11.3 Å². The highest BCUT2D eigenvalue weighted by molar-refractivity contribution is 7.14. The summed E-state index contributed by atoms with van der Waals surface area (Å²) < 4.78 is 0. The van der Waals surface area contributed by atoms with E-state index >= 15 is 0 Å². The van der Waals surface area contributed by atoms with Gasteiger partial charge in [-0.25, -0.2) is 4.98 Å². The number of nitrogens with zero attached hydrogens (tertiary/aromatic N) is 2. The molecule has 1 aromatic heterocycles. The minimum atomic E-state index is -0.531. The van der Waals surface area contributed by atoms with E-state index in [4.69, 9.17) is 0 Å². The van der Waals surface area contributed by atoms with E-state index in [9.17, 15) is 14.9 Å². The van der Waals surface area contributed by atoms with Gasteiger partial charge in [-0.3, -0.25) is 20.2 Å². The number of carbonyl (C=O) groups is 1. The molecule has 22 heavy (non-hydrogen) atoms. The third-order valence-electron chi connectivity index (χ3n) is 3.06. The van der Waals surface area contributed by atoms with Crippen LogP contribution in [-0.2, 0) is 0 Å². The van der Waals surface area contributed by atoms with E-state index in [-0.39, 0.29) is 17.2 Å². The number of benzene rings is 1. The molecule has 2 aromatic rings. The average molecular weight is 320 g/mol. The van der Waals surface area contributed by atoms with Crippen molar-refractivity contribution in [3.05, 3.63) is 45.0 Å². The molecule has 0 unspecified atom stereocenters. The first-order valence-electron chi connectivity index (χ1n) is 6.65. The molecule has 0 saturated heterocycles. The van der Waals surface area contributed by atoms with Crippen LogP contribution in [0.4, 0.5) is 16.5 Å². The molecular formula is C14H16N4O3S. The Hall–Kier alpha value is -2.48. The molecule has 0 bridgehead atoms. The van der Waals surface area contributed by atoms with Gasteiger partial charge < -0.3 is 5.32 Å². The Morgan fingerprint density at radius 2 is 2.14 bits per heavy atom. The van der Waals surface area contributed by atoms with Crippen molar-refractivity contribution in [3.8, 4) is 0 Å².